The van der Waals surface area contributed by atoms with E-state index in [1.807, 2.05) is 13.0 Å². The molecule has 0 saturated carbocycles. The van der Waals surface area contributed by atoms with Gasteiger partial charge in [0.15, 0.2) is 0 Å². The molecule has 192 valence electrons. The molecule has 1 aromatic heterocycles. The van der Waals surface area contributed by atoms with Crippen LogP contribution >= 0.6 is 11.3 Å². The summed E-state index contributed by atoms with van der Waals surface area (Å²) >= 11 is 1.10. The molecule has 0 aliphatic carbocycles. The van der Waals surface area contributed by atoms with Crippen LogP contribution < -0.4 is 19.5 Å². The molecule has 1 amide bonds. The third-order valence-corrected chi connectivity index (χ3v) is 9.34. The molecule has 0 aliphatic rings. The third-order valence-electron chi connectivity index (χ3n) is 5.18. The van der Waals surface area contributed by atoms with Gasteiger partial charge in [-0.2, -0.15) is 0 Å². The third kappa shape index (κ3) is 6.28. The van der Waals surface area contributed by atoms with E-state index in [1.165, 1.54) is 61.7 Å². The molecule has 12 heteroatoms. The van der Waals surface area contributed by atoms with E-state index in [2.05, 4.69) is 14.8 Å². The number of aryl methyl sites for hydroxylation is 1. The van der Waals surface area contributed by atoms with Gasteiger partial charge in [0.25, 0.3) is 26.0 Å². The van der Waals surface area contributed by atoms with E-state index in [0.29, 0.717) is 28.4 Å². The Kier molecular flexibility index (Phi) is 7.52. The summed E-state index contributed by atoms with van der Waals surface area (Å²) in [5.41, 5.74) is 2.19. The van der Waals surface area contributed by atoms with Crippen molar-refractivity contribution in [1.82, 2.24) is 0 Å². The van der Waals surface area contributed by atoms with E-state index < -0.39 is 26.0 Å². The number of sulfonamides is 2. The van der Waals surface area contributed by atoms with Crippen LogP contribution in [-0.2, 0) is 20.0 Å². The maximum Gasteiger partial charge on any atom is 0.271 e. The summed E-state index contributed by atoms with van der Waals surface area (Å²) in [5.74, 6) is -0.0470. The number of carbonyl (C=O) groups is 1. The fraction of sp³-hybridized carbons (Fsp3) is 0.0800. The Hall–Kier alpha value is -3.87. The smallest absolute Gasteiger partial charge is 0.271 e. The van der Waals surface area contributed by atoms with E-state index in [4.69, 9.17) is 4.74 Å². The second kappa shape index (κ2) is 10.6. The topological polar surface area (TPSA) is 131 Å². The Morgan fingerprint density at radius 3 is 2.11 bits per heavy atom. The predicted octanol–water partition coefficient (Wildman–Crippen LogP) is 4.92. The van der Waals surface area contributed by atoms with Crippen LogP contribution in [0.1, 0.15) is 15.9 Å². The fourth-order valence-electron chi connectivity index (χ4n) is 3.34. The van der Waals surface area contributed by atoms with E-state index in [-0.39, 0.29) is 9.10 Å². The highest BCUT2D eigenvalue weighted by molar-refractivity contribution is 7.94. The number of hydrogen-bond donors (Lipinski definition) is 3. The van der Waals surface area contributed by atoms with Gasteiger partial charge in [-0.15, -0.1) is 11.3 Å². The van der Waals surface area contributed by atoms with Crippen LogP contribution in [0.2, 0.25) is 0 Å². The number of ether oxygens (including phenoxy) is 1. The highest BCUT2D eigenvalue weighted by Gasteiger charge is 2.18. The first-order valence-electron chi connectivity index (χ1n) is 10.8. The lowest BCUT2D eigenvalue weighted by atomic mass is 10.2. The first kappa shape index (κ1) is 26.2. The number of rotatable bonds is 9. The Morgan fingerprint density at radius 1 is 0.811 bits per heavy atom. The van der Waals surface area contributed by atoms with Crippen LogP contribution in [0.15, 0.2) is 93.3 Å². The van der Waals surface area contributed by atoms with Gasteiger partial charge in [-0.3, -0.25) is 14.2 Å². The molecule has 37 heavy (non-hydrogen) atoms. The first-order valence-corrected chi connectivity index (χ1v) is 14.7. The summed E-state index contributed by atoms with van der Waals surface area (Å²) in [5, 5.41) is 4.36. The average molecular weight is 558 g/mol. The number of nitrogens with one attached hydrogen (secondary N) is 3. The van der Waals surface area contributed by atoms with Crippen molar-refractivity contribution in [3.05, 3.63) is 95.4 Å². The molecule has 4 aromatic rings. The van der Waals surface area contributed by atoms with Gasteiger partial charge >= 0.3 is 0 Å². The molecular weight excluding hydrogens is 534 g/mol. The zero-order valence-corrected chi connectivity index (χ0v) is 22.2. The standard InChI is InChI=1S/C25H23N3O6S3/c1-17-5-14-23(34-2)22(16-17)28-36(30,31)21-12-10-19(11-13-21)26-25(29)18-6-8-20(9-7-18)27-37(32,33)24-4-3-15-35-24/h3-16,27-28H,1-2H3,(H,26,29). The van der Waals surface area contributed by atoms with Gasteiger partial charge in [0.2, 0.25) is 0 Å². The molecule has 9 nitrogen and oxygen atoms in total. The first-order chi connectivity index (χ1) is 17.6. The summed E-state index contributed by atoms with van der Waals surface area (Å²) in [7, 11) is -6.13. The summed E-state index contributed by atoms with van der Waals surface area (Å²) in [6.45, 7) is 1.84. The molecular formula is C25H23N3O6S3. The number of carbonyl (C=O) groups excluding carboxylic acids is 1. The largest absolute Gasteiger partial charge is 0.495 e. The molecule has 0 spiro atoms. The van der Waals surface area contributed by atoms with E-state index in [9.17, 15) is 21.6 Å². The predicted molar refractivity (Wildman–Crippen MR) is 145 cm³/mol. The van der Waals surface area contributed by atoms with Crippen molar-refractivity contribution in [3.8, 4) is 5.75 Å². The highest BCUT2D eigenvalue weighted by atomic mass is 32.2. The molecule has 3 aromatic carbocycles. The lowest BCUT2D eigenvalue weighted by Crippen LogP contribution is -2.15. The van der Waals surface area contributed by atoms with Crippen molar-refractivity contribution in [3.63, 3.8) is 0 Å². The maximum absolute atomic E-state index is 12.8. The molecule has 0 fully saturated rings. The van der Waals surface area contributed by atoms with Crippen molar-refractivity contribution in [2.75, 3.05) is 21.9 Å². The van der Waals surface area contributed by atoms with Gasteiger partial charge in [-0.1, -0.05) is 12.1 Å². The van der Waals surface area contributed by atoms with Gasteiger partial charge in [0.05, 0.1) is 17.7 Å². The lowest BCUT2D eigenvalue weighted by Gasteiger charge is -2.13. The molecule has 4 rings (SSSR count). The zero-order chi connectivity index (χ0) is 26.6. The van der Waals surface area contributed by atoms with Crippen LogP contribution in [0.25, 0.3) is 0 Å². The summed E-state index contributed by atoms with van der Waals surface area (Å²) in [4.78, 5) is 12.6. The second-order valence-corrected chi connectivity index (χ2v) is 12.4. The maximum atomic E-state index is 12.8. The molecule has 0 atom stereocenters. The number of benzene rings is 3. The summed E-state index contributed by atoms with van der Waals surface area (Å²) in [6, 6.07) is 20.0. The van der Waals surface area contributed by atoms with Crippen molar-refractivity contribution in [2.24, 2.45) is 0 Å². The second-order valence-electron chi connectivity index (χ2n) is 7.90. The van der Waals surface area contributed by atoms with Crippen LogP contribution in [0.4, 0.5) is 17.1 Å². The van der Waals surface area contributed by atoms with Crippen molar-refractivity contribution < 1.29 is 26.4 Å². The molecule has 0 bridgehead atoms. The molecule has 0 unspecified atom stereocenters. The van der Waals surface area contributed by atoms with Crippen molar-refractivity contribution >= 4 is 54.4 Å². The van der Waals surface area contributed by atoms with Crippen LogP contribution in [0.5, 0.6) is 5.75 Å². The summed E-state index contributed by atoms with van der Waals surface area (Å²) in [6.07, 6.45) is 0. The number of hydrogen-bond acceptors (Lipinski definition) is 7. The summed E-state index contributed by atoms with van der Waals surface area (Å²) < 4.78 is 60.8. The minimum atomic E-state index is -3.89. The van der Waals surface area contributed by atoms with Crippen LogP contribution in [-0.4, -0.2) is 29.9 Å². The molecule has 0 aliphatic heterocycles. The molecule has 0 radical (unpaired) electrons. The molecule has 0 saturated heterocycles. The normalized spacial score (nSPS) is 11.5. The SMILES string of the molecule is COc1ccc(C)cc1NS(=O)(=O)c1ccc(NC(=O)c2ccc(NS(=O)(=O)c3cccs3)cc2)cc1. The Bertz CT molecular complexity index is 1620. The average Bonchev–Trinajstić information content (AvgIpc) is 3.41. The van der Waals surface area contributed by atoms with E-state index >= 15 is 0 Å². The van der Waals surface area contributed by atoms with Gasteiger partial charge in [-0.25, -0.2) is 16.8 Å². The monoisotopic (exact) mass is 557 g/mol. The Labute approximate surface area is 219 Å². The minimum Gasteiger partial charge on any atom is -0.495 e. The number of amides is 1. The van der Waals surface area contributed by atoms with Gasteiger partial charge < -0.3 is 10.1 Å². The van der Waals surface area contributed by atoms with Crippen LogP contribution in [0.3, 0.4) is 0 Å². The van der Waals surface area contributed by atoms with E-state index in [1.54, 1.807) is 23.6 Å². The van der Waals surface area contributed by atoms with Crippen molar-refractivity contribution in [1.29, 1.82) is 0 Å². The van der Waals surface area contributed by atoms with Crippen molar-refractivity contribution in [2.45, 2.75) is 16.0 Å². The van der Waals surface area contributed by atoms with Gasteiger partial charge in [0, 0.05) is 16.9 Å². The number of thiophene rings is 1. The number of anilines is 3. The molecule has 3 N–H and O–H groups in total. The Balaban J connectivity index is 1.42. The minimum absolute atomic E-state index is 0.0106. The zero-order valence-electron chi connectivity index (χ0n) is 19.8. The number of methoxy groups -OCH3 is 1. The quantitative estimate of drug-likeness (QED) is 0.268. The molecule has 1 heterocycles. The van der Waals surface area contributed by atoms with E-state index in [0.717, 1.165) is 16.9 Å². The lowest BCUT2D eigenvalue weighted by molar-refractivity contribution is 0.102. The van der Waals surface area contributed by atoms with Gasteiger partial charge in [-0.05, 0) is 84.6 Å². The van der Waals surface area contributed by atoms with Gasteiger partial charge in [0.1, 0.15) is 9.96 Å². The fourth-order valence-corrected chi connectivity index (χ4v) is 6.45. The Morgan fingerprint density at radius 2 is 1.49 bits per heavy atom. The van der Waals surface area contributed by atoms with Crippen LogP contribution in [0, 0.1) is 6.92 Å². The highest BCUT2D eigenvalue weighted by Crippen LogP contribution is 2.28.